The van der Waals surface area contributed by atoms with E-state index in [9.17, 15) is 0 Å². The molecule has 0 fully saturated rings. The summed E-state index contributed by atoms with van der Waals surface area (Å²) in [7, 11) is 0. The first-order chi connectivity index (χ1) is 7.79. The highest BCUT2D eigenvalue weighted by molar-refractivity contribution is 7.99. The molecule has 0 bridgehead atoms. The number of rotatable bonds is 4. The molecule has 4 heteroatoms. The Hall–Kier alpha value is -1.26. The van der Waals surface area contributed by atoms with Crippen molar-refractivity contribution < 1.29 is 4.42 Å². The van der Waals surface area contributed by atoms with Crippen LogP contribution in [0, 0.1) is 6.92 Å². The molecule has 1 unspecified atom stereocenters. The number of oxazole rings is 1. The van der Waals surface area contributed by atoms with E-state index in [0.717, 1.165) is 0 Å². The van der Waals surface area contributed by atoms with E-state index in [1.807, 2.05) is 6.07 Å². The first-order valence-corrected chi connectivity index (χ1v) is 6.00. The summed E-state index contributed by atoms with van der Waals surface area (Å²) < 4.78 is 5.21. The van der Waals surface area contributed by atoms with Gasteiger partial charge >= 0.3 is 0 Å². The summed E-state index contributed by atoms with van der Waals surface area (Å²) in [5.41, 5.74) is 8.23. The fourth-order valence-corrected chi connectivity index (χ4v) is 2.37. The normalized spacial score (nSPS) is 12.6. The summed E-state index contributed by atoms with van der Waals surface area (Å²) in [4.78, 5) is 4.09. The molecule has 0 radical (unpaired) electrons. The second-order valence-electron chi connectivity index (χ2n) is 3.55. The standard InChI is InChI=1S/C12H14N2OS/c1-9-3-2-4-10(7-9)11(8-13)16-12-14-5-6-15-12/h2-7,11H,8,13H2,1H3. The van der Waals surface area contributed by atoms with Gasteiger partial charge in [-0.3, -0.25) is 0 Å². The number of benzene rings is 1. The first-order valence-electron chi connectivity index (χ1n) is 5.12. The van der Waals surface area contributed by atoms with E-state index in [-0.39, 0.29) is 5.25 Å². The van der Waals surface area contributed by atoms with Gasteiger partial charge in [-0.15, -0.1) is 0 Å². The van der Waals surface area contributed by atoms with Gasteiger partial charge in [-0.1, -0.05) is 41.6 Å². The molecule has 84 valence electrons. The van der Waals surface area contributed by atoms with Gasteiger partial charge in [0.25, 0.3) is 5.22 Å². The van der Waals surface area contributed by atoms with E-state index in [1.165, 1.54) is 11.1 Å². The smallest absolute Gasteiger partial charge is 0.256 e. The van der Waals surface area contributed by atoms with Crippen LogP contribution >= 0.6 is 11.8 Å². The molecular weight excluding hydrogens is 220 g/mol. The van der Waals surface area contributed by atoms with Gasteiger partial charge in [0, 0.05) is 6.54 Å². The predicted octanol–water partition coefficient (Wildman–Crippen LogP) is 2.78. The molecule has 0 amide bonds. The molecule has 2 aromatic rings. The molecule has 1 heterocycles. The van der Waals surface area contributed by atoms with Crippen molar-refractivity contribution in [3.63, 3.8) is 0 Å². The monoisotopic (exact) mass is 234 g/mol. The van der Waals surface area contributed by atoms with Crippen molar-refractivity contribution in [2.75, 3.05) is 6.54 Å². The van der Waals surface area contributed by atoms with Gasteiger partial charge in [0.2, 0.25) is 0 Å². The number of thioether (sulfide) groups is 1. The summed E-state index contributed by atoms with van der Waals surface area (Å²) in [6.45, 7) is 2.64. The predicted molar refractivity (Wildman–Crippen MR) is 65.3 cm³/mol. The van der Waals surface area contributed by atoms with Crippen molar-refractivity contribution in [2.45, 2.75) is 17.4 Å². The highest BCUT2D eigenvalue weighted by Crippen LogP contribution is 2.33. The molecule has 2 rings (SSSR count). The van der Waals surface area contributed by atoms with E-state index in [0.29, 0.717) is 11.8 Å². The molecule has 0 saturated carbocycles. The van der Waals surface area contributed by atoms with Gasteiger partial charge in [0.1, 0.15) is 6.26 Å². The molecule has 1 aromatic heterocycles. The van der Waals surface area contributed by atoms with Crippen molar-refractivity contribution in [1.82, 2.24) is 4.98 Å². The highest BCUT2D eigenvalue weighted by atomic mass is 32.2. The Balaban J connectivity index is 2.16. The lowest BCUT2D eigenvalue weighted by Crippen LogP contribution is -2.09. The van der Waals surface area contributed by atoms with Crippen molar-refractivity contribution in [3.8, 4) is 0 Å². The Morgan fingerprint density at radius 2 is 2.38 bits per heavy atom. The molecule has 1 aromatic carbocycles. The van der Waals surface area contributed by atoms with E-state index >= 15 is 0 Å². The molecule has 0 aliphatic carbocycles. The number of aromatic nitrogens is 1. The summed E-state index contributed by atoms with van der Waals surface area (Å²) >= 11 is 1.55. The minimum atomic E-state index is 0.193. The number of hydrogen-bond donors (Lipinski definition) is 1. The molecular formula is C12H14N2OS. The van der Waals surface area contributed by atoms with Crippen LogP contribution in [0.15, 0.2) is 46.4 Å². The Labute approximate surface area is 99.1 Å². The molecule has 3 nitrogen and oxygen atoms in total. The lowest BCUT2D eigenvalue weighted by atomic mass is 10.1. The molecule has 0 aliphatic heterocycles. The lowest BCUT2D eigenvalue weighted by molar-refractivity contribution is 0.453. The van der Waals surface area contributed by atoms with Crippen molar-refractivity contribution in [3.05, 3.63) is 47.9 Å². The van der Waals surface area contributed by atoms with Crippen LogP contribution in [0.25, 0.3) is 0 Å². The number of hydrogen-bond acceptors (Lipinski definition) is 4. The third kappa shape index (κ3) is 2.65. The first kappa shape index (κ1) is 11.2. The average Bonchev–Trinajstić information content (AvgIpc) is 2.78. The minimum absolute atomic E-state index is 0.193. The average molecular weight is 234 g/mol. The van der Waals surface area contributed by atoms with Crippen molar-refractivity contribution >= 4 is 11.8 Å². The maximum absolute atomic E-state index is 5.78. The van der Waals surface area contributed by atoms with Crippen LogP contribution in [0.4, 0.5) is 0 Å². The summed E-state index contributed by atoms with van der Waals surface area (Å²) in [5, 5.41) is 0.857. The molecule has 0 saturated heterocycles. The van der Waals surface area contributed by atoms with Crippen LogP contribution in [0.3, 0.4) is 0 Å². The maximum Gasteiger partial charge on any atom is 0.256 e. The minimum Gasteiger partial charge on any atom is -0.440 e. The molecule has 16 heavy (non-hydrogen) atoms. The van der Waals surface area contributed by atoms with Gasteiger partial charge < -0.3 is 10.2 Å². The Morgan fingerprint density at radius 3 is 3.00 bits per heavy atom. The second-order valence-corrected chi connectivity index (χ2v) is 4.71. The molecule has 0 spiro atoms. The van der Waals surface area contributed by atoms with E-state index < -0.39 is 0 Å². The Bertz CT molecular complexity index is 442. The summed E-state index contributed by atoms with van der Waals surface area (Å²) in [5.74, 6) is 0. The van der Waals surface area contributed by atoms with Gasteiger partial charge in [0.15, 0.2) is 0 Å². The highest BCUT2D eigenvalue weighted by Gasteiger charge is 2.13. The second kappa shape index (κ2) is 5.18. The number of nitrogens with two attached hydrogens (primary N) is 1. The molecule has 1 atom stereocenters. The Kier molecular flexibility index (Phi) is 3.64. The van der Waals surface area contributed by atoms with Gasteiger partial charge in [-0.25, -0.2) is 4.98 Å². The van der Waals surface area contributed by atoms with Crippen LogP contribution < -0.4 is 5.73 Å². The van der Waals surface area contributed by atoms with Gasteiger partial charge in [-0.2, -0.15) is 0 Å². The molecule has 2 N–H and O–H groups in total. The van der Waals surface area contributed by atoms with Crippen LogP contribution in [0.1, 0.15) is 16.4 Å². The number of nitrogens with zero attached hydrogens (tertiary/aromatic N) is 1. The largest absolute Gasteiger partial charge is 0.440 e. The third-order valence-electron chi connectivity index (χ3n) is 2.28. The van der Waals surface area contributed by atoms with Gasteiger partial charge in [-0.05, 0) is 12.5 Å². The van der Waals surface area contributed by atoms with E-state index in [1.54, 1.807) is 24.2 Å². The fraction of sp³-hybridized carbons (Fsp3) is 0.250. The van der Waals surface area contributed by atoms with Crippen molar-refractivity contribution in [1.29, 1.82) is 0 Å². The zero-order chi connectivity index (χ0) is 11.4. The lowest BCUT2D eigenvalue weighted by Gasteiger charge is -2.12. The maximum atomic E-state index is 5.78. The quantitative estimate of drug-likeness (QED) is 0.826. The van der Waals surface area contributed by atoms with Gasteiger partial charge in [0.05, 0.1) is 11.4 Å². The van der Waals surface area contributed by atoms with Crippen molar-refractivity contribution in [2.24, 2.45) is 5.73 Å². The summed E-state index contributed by atoms with van der Waals surface area (Å²) in [6.07, 6.45) is 3.22. The van der Waals surface area contributed by atoms with Crippen LogP contribution in [0.5, 0.6) is 0 Å². The van der Waals surface area contributed by atoms with E-state index in [2.05, 4.69) is 30.1 Å². The van der Waals surface area contributed by atoms with Crippen LogP contribution in [-0.4, -0.2) is 11.5 Å². The SMILES string of the molecule is Cc1cccc(C(CN)Sc2ncco2)c1. The zero-order valence-corrected chi connectivity index (χ0v) is 9.91. The third-order valence-corrected chi connectivity index (χ3v) is 3.43. The number of aryl methyl sites for hydroxylation is 1. The zero-order valence-electron chi connectivity index (χ0n) is 9.09. The van der Waals surface area contributed by atoms with E-state index in [4.69, 9.17) is 10.2 Å². The fourth-order valence-electron chi connectivity index (χ4n) is 1.51. The van der Waals surface area contributed by atoms with Crippen LogP contribution in [0.2, 0.25) is 0 Å². The summed E-state index contributed by atoms with van der Waals surface area (Å²) in [6, 6.07) is 8.35. The Morgan fingerprint density at radius 1 is 1.50 bits per heavy atom. The topological polar surface area (TPSA) is 52.0 Å². The van der Waals surface area contributed by atoms with Crippen LogP contribution in [-0.2, 0) is 0 Å². The molecule has 0 aliphatic rings.